The summed E-state index contributed by atoms with van der Waals surface area (Å²) in [5, 5.41) is 6.86. The number of rotatable bonds is 1. The molecule has 0 bridgehead atoms. The second kappa shape index (κ2) is 3.90. The highest BCUT2D eigenvalue weighted by Crippen LogP contribution is 2.27. The zero-order valence-electron chi connectivity index (χ0n) is 7.09. The Morgan fingerprint density at radius 3 is 2.43 bits per heavy atom. The Balaban J connectivity index is 2.49. The predicted octanol–water partition coefficient (Wildman–Crippen LogP) is 3.03. The van der Waals surface area contributed by atoms with Gasteiger partial charge >= 0.3 is 0 Å². The lowest BCUT2D eigenvalue weighted by molar-refractivity contribution is 1.10. The highest BCUT2D eigenvalue weighted by atomic mass is 127. The summed E-state index contributed by atoms with van der Waals surface area (Å²) < 4.78 is 2.02. The molecule has 0 saturated carbocycles. The maximum Gasteiger partial charge on any atom is 0.159 e. The maximum atomic E-state index is 5.65. The molecule has 0 unspecified atom stereocenters. The van der Waals surface area contributed by atoms with E-state index in [1.807, 2.05) is 24.3 Å². The van der Waals surface area contributed by atoms with Crippen molar-refractivity contribution in [1.82, 2.24) is 10.2 Å². The van der Waals surface area contributed by atoms with Crippen LogP contribution >= 0.6 is 38.5 Å². The van der Waals surface area contributed by atoms with E-state index in [0.29, 0.717) is 5.82 Å². The first-order chi connectivity index (χ1) is 6.68. The number of benzene rings is 1. The average Bonchev–Trinajstić information content (AvgIpc) is 2.50. The van der Waals surface area contributed by atoms with Gasteiger partial charge in [0.25, 0.3) is 0 Å². The molecule has 0 saturated heterocycles. The van der Waals surface area contributed by atoms with Gasteiger partial charge in [-0.3, -0.25) is 5.10 Å². The molecule has 3 N–H and O–H groups in total. The van der Waals surface area contributed by atoms with Gasteiger partial charge in [0.2, 0.25) is 0 Å². The number of aromatic amines is 1. The molecule has 0 aliphatic heterocycles. The molecule has 0 radical (unpaired) electrons. The van der Waals surface area contributed by atoms with Crippen molar-refractivity contribution in [3.63, 3.8) is 0 Å². The fraction of sp³-hybridized carbons (Fsp3) is 0. The molecular formula is C9H7BrIN3. The molecule has 0 fully saturated rings. The van der Waals surface area contributed by atoms with Crippen molar-refractivity contribution in [1.29, 1.82) is 0 Å². The SMILES string of the molecule is Nc1n[nH]c(-c2ccc(Br)cc2)c1I. The molecule has 3 nitrogen and oxygen atoms in total. The fourth-order valence-electron chi connectivity index (χ4n) is 1.15. The van der Waals surface area contributed by atoms with E-state index in [0.717, 1.165) is 19.3 Å². The smallest absolute Gasteiger partial charge is 0.159 e. The van der Waals surface area contributed by atoms with Crippen LogP contribution in [0.3, 0.4) is 0 Å². The molecule has 1 aromatic heterocycles. The standard InChI is InChI=1S/C9H7BrIN3/c10-6-3-1-5(2-4-6)8-7(11)9(12)14-13-8/h1-4H,(H3,12,13,14). The quantitative estimate of drug-likeness (QED) is 0.765. The molecular weight excluding hydrogens is 357 g/mol. The normalized spacial score (nSPS) is 10.4. The summed E-state index contributed by atoms with van der Waals surface area (Å²) >= 11 is 5.57. The van der Waals surface area contributed by atoms with Gasteiger partial charge in [0, 0.05) is 10.0 Å². The van der Waals surface area contributed by atoms with E-state index in [1.165, 1.54) is 0 Å². The molecule has 2 rings (SSSR count). The van der Waals surface area contributed by atoms with Gasteiger partial charge < -0.3 is 5.73 Å². The molecule has 0 spiro atoms. The predicted molar refractivity (Wildman–Crippen MR) is 68.9 cm³/mol. The van der Waals surface area contributed by atoms with Crippen LogP contribution in [0.25, 0.3) is 11.3 Å². The Bertz CT molecular complexity index is 450. The summed E-state index contributed by atoms with van der Waals surface area (Å²) in [6.45, 7) is 0. The number of hydrogen-bond acceptors (Lipinski definition) is 2. The summed E-state index contributed by atoms with van der Waals surface area (Å²) in [4.78, 5) is 0. The Hall–Kier alpha value is -0.560. The topological polar surface area (TPSA) is 54.7 Å². The van der Waals surface area contributed by atoms with Gasteiger partial charge in [-0.25, -0.2) is 0 Å². The van der Waals surface area contributed by atoms with Crippen LogP contribution in [0.2, 0.25) is 0 Å². The highest BCUT2D eigenvalue weighted by molar-refractivity contribution is 14.1. The lowest BCUT2D eigenvalue weighted by Gasteiger charge is -1.98. The number of nitrogens with zero attached hydrogens (tertiary/aromatic N) is 1. The summed E-state index contributed by atoms with van der Waals surface area (Å²) in [7, 11) is 0. The minimum Gasteiger partial charge on any atom is -0.381 e. The van der Waals surface area contributed by atoms with E-state index >= 15 is 0 Å². The van der Waals surface area contributed by atoms with Crippen molar-refractivity contribution in [2.75, 3.05) is 5.73 Å². The van der Waals surface area contributed by atoms with Gasteiger partial charge in [0.1, 0.15) is 0 Å². The zero-order valence-corrected chi connectivity index (χ0v) is 10.8. The number of nitrogens with one attached hydrogen (secondary N) is 1. The molecule has 72 valence electrons. The molecule has 2 aromatic rings. The largest absolute Gasteiger partial charge is 0.381 e. The highest BCUT2D eigenvalue weighted by Gasteiger charge is 2.08. The van der Waals surface area contributed by atoms with Crippen molar-refractivity contribution >= 4 is 44.3 Å². The van der Waals surface area contributed by atoms with Crippen molar-refractivity contribution < 1.29 is 0 Å². The molecule has 0 atom stereocenters. The van der Waals surface area contributed by atoms with Gasteiger partial charge in [0.05, 0.1) is 9.26 Å². The first-order valence-electron chi connectivity index (χ1n) is 3.94. The number of H-pyrrole nitrogens is 1. The van der Waals surface area contributed by atoms with Gasteiger partial charge in [-0.05, 0) is 34.7 Å². The van der Waals surface area contributed by atoms with Gasteiger partial charge in [-0.2, -0.15) is 5.10 Å². The van der Waals surface area contributed by atoms with Crippen molar-refractivity contribution in [2.45, 2.75) is 0 Å². The van der Waals surface area contributed by atoms with E-state index in [-0.39, 0.29) is 0 Å². The summed E-state index contributed by atoms with van der Waals surface area (Å²) in [6.07, 6.45) is 0. The van der Waals surface area contributed by atoms with Crippen LogP contribution in [0.4, 0.5) is 5.82 Å². The van der Waals surface area contributed by atoms with Gasteiger partial charge in [-0.1, -0.05) is 28.1 Å². The zero-order chi connectivity index (χ0) is 10.1. The molecule has 14 heavy (non-hydrogen) atoms. The van der Waals surface area contributed by atoms with Gasteiger partial charge in [-0.15, -0.1) is 0 Å². The van der Waals surface area contributed by atoms with E-state index in [9.17, 15) is 0 Å². The first-order valence-corrected chi connectivity index (χ1v) is 5.81. The second-order valence-corrected chi connectivity index (χ2v) is 4.80. The molecule has 0 amide bonds. The average molecular weight is 364 g/mol. The lowest BCUT2D eigenvalue weighted by Crippen LogP contribution is -1.86. The lowest BCUT2D eigenvalue weighted by atomic mass is 10.2. The number of nitrogens with two attached hydrogens (primary N) is 1. The van der Waals surface area contributed by atoms with E-state index in [1.54, 1.807) is 0 Å². The van der Waals surface area contributed by atoms with Crippen LogP contribution in [0.1, 0.15) is 0 Å². The van der Waals surface area contributed by atoms with Crippen LogP contribution < -0.4 is 5.73 Å². The van der Waals surface area contributed by atoms with Crippen LogP contribution in [0, 0.1) is 3.57 Å². The number of halogens is 2. The van der Waals surface area contributed by atoms with Crippen LogP contribution in [0.15, 0.2) is 28.7 Å². The second-order valence-electron chi connectivity index (χ2n) is 2.80. The van der Waals surface area contributed by atoms with Crippen molar-refractivity contribution in [3.05, 3.63) is 32.3 Å². The number of anilines is 1. The number of hydrogen-bond donors (Lipinski definition) is 2. The Morgan fingerprint density at radius 1 is 1.29 bits per heavy atom. The Kier molecular flexibility index (Phi) is 2.78. The molecule has 1 aromatic carbocycles. The minimum absolute atomic E-state index is 0.545. The molecule has 0 aliphatic carbocycles. The third-order valence-corrected chi connectivity index (χ3v) is 3.49. The molecule has 1 heterocycles. The summed E-state index contributed by atoms with van der Waals surface area (Å²) in [6, 6.07) is 8.00. The van der Waals surface area contributed by atoms with Crippen molar-refractivity contribution in [3.8, 4) is 11.3 Å². The minimum atomic E-state index is 0.545. The molecule has 0 aliphatic rings. The Morgan fingerprint density at radius 2 is 1.93 bits per heavy atom. The van der Waals surface area contributed by atoms with Crippen LogP contribution in [0.5, 0.6) is 0 Å². The number of nitrogen functional groups attached to an aromatic ring is 1. The van der Waals surface area contributed by atoms with Crippen LogP contribution in [-0.2, 0) is 0 Å². The van der Waals surface area contributed by atoms with E-state index in [4.69, 9.17) is 5.73 Å². The van der Waals surface area contributed by atoms with E-state index < -0.39 is 0 Å². The fourth-order valence-corrected chi connectivity index (χ4v) is 1.97. The maximum absolute atomic E-state index is 5.65. The van der Waals surface area contributed by atoms with Crippen molar-refractivity contribution in [2.24, 2.45) is 0 Å². The monoisotopic (exact) mass is 363 g/mol. The van der Waals surface area contributed by atoms with E-state index in [2.05, 4.69) is 48.7 Å². The Labute approximate surface area is 103 Å². The third kappa shape index (κ3) is 1.78. The van der Waals surface area contributed by atoms with Gasteiger partial charge in [0.15, 0.2) is 5.82 Å². The first kappa shape index (κ1) is 9.97. The van der Waals surface area contributed by atoms with Crippen LogP contribution in [-0.4, -0.2) is 10.2 Å². The summed E-state index contributed by atoms with van der Waals surface area (Å²) in [5.41, 5.74) is 7.70. The third-order valence-electron chi connectivity index (χ3n) is 1.87. The number of aromatic nitrogens is 2. The summed E-state index contributed by atoms with van der Waals surface area (Å²) in [5.74, 6) is 0.545. The molecule has 5 heteroatoms.